The number of aromatic nitrogens is 2. The number of hydrogen-bond donors (Lipinski definition) is 1. The molecule has 0 spiro atoms. The van der Waals surface area contributed by atoms with Crippen LogP contribution in [0.15, 0.2) is 5.38 Å². The van der Waals surface area contributed by atoms with Crippen LogP contribution in [0.25, 0.3) is 0 Å². The summed E-state index contributed by atoms with van der Waals surface area (Å²) < 4.78 is 3.88. The molecular formula is C9H17ClN4S. The van der Waals surface area contributed by atoms with E-state index in [-0.39, 0.29) is 12.4 Å². The molecule has 1 saturated heterocycles. The Kier molecular flexibility index (Phi) is 4.92. The van der Waals surface area contributed by atoms with E-state index < -0.39 is 0 Å². The first-order chi connectivity index (χ1) is 6.74. The fraction of sp³-hybridized carbons (Fsp3) is 0.778. The van der Waals surface area contributed by atoms with Crippen LogP contribution in [0.4, 0.5) is 0 Å². The number of hydrogen-bond acceptors (Lipinski definition) is 5. The number of nitrogens with zero attached hydrogens (tertiary/aromatic N) is 3. The number of rotatable bonds is 2. The van der Waals surface area contributed by atoms with Crippen LogP contribution in [0.3, 0.4) is 0 Å². The molecule has 1 aromatic heterocycles. The Bertz CT molecular complexity index is 270. The minimum absolute atomic E-state index is 0. The van der Waals surface area contributed by atoms with Gasteiger partial charge in [-0.15, -0.1) is 17.5 Å². The summed E-state index contributed by atoms with van der Waals surface area (Å²) in [6.07, 6.45) is 0. The summed E-state index contributed by atoms with van der Waals surface area (Å²) in [6, 6.07) is 1.15. The van der Waals surface area contributed by atoms with E-state index in [4.69, 9.17) is 0 Å². The van der Waals surface area contributed by atoms with Gasteiger partial charge in [-0.05, 0) is 25.4 Å². The van der Waals surface area contributed by atoms with Crippen molar-refractivity contribution in [3.63, 3.8) is 0 Å². The van der Waals surface area contributed by atoms with Crippen LogP contribution in [0.2, 0.25) is 0 Å². The fourth-order valence-corrected chi connectivity index (χ4v) is 2.49. The van der Waals surface area contributed by atoms with E-state index in [9.17, 15) is 0 Å². The lowest BCUT2D eigenvalue weighted by atomic mass is 10.1. The molecule has 2 rings (SSSR count). The Balaban J connectivity index is 0.00000112. The molecule has 2 atom stereocenters. The van der Waals surface area contributed by atoms with Gasteiger partial charge in [0, 0.05) is 37.1 Å². The molecule has 1 aliphatic heterocycles. The zero-order valence-electron chi connectivity index (χ0n) is 9.01. The van der Waals surface area contributed by atoms with Crippen molar-refractivity contribution in [2.45, 2.75) is 32.5 Å². The minimum atomic E-state index is 0. The van der Waals surface area contributed by atoms with Crippen LogP contribution in [0.1, 0.15) is 19.5 Å². The van der Waals surface area contributed by atoms with Crippen molar-refractivity contribution in [2.75, 3.05) is 13.1 Å². The van der Waals surface area contributed by atoms with E-state index in [2.05, 4.69) is 33.7 Å². The second kappa shape index (κ2) is 5.75. The number of nitrogens with one attached hydrogen (secondary N) is 1. The number of halogens is 1. The fourth-order valence-electron chi connectivity index (χ4n) is 2.05. The maximum absolute atomic E-state index is 4.07. The second-order valence-electron chi connectivity index (χ2n) is 4.06. The van der Waals surface area contributed by atoms with Gasteiger partial charge in [0.25, 0.3) is 0 Å². The number of piperazine rings is 1. The van der Waals surface area contributed by atoms with E-state index in [1.54, 1.807) is 0 Å². The predicted octanol–water partition coefficient (Wildman–Crippen LogP) is 1.14. The summed E-state index contributed by atoms with van der Waals surface area (Å²) in [7, 11) is 0. The molecule has 86 valence electrons. The smallest absolute Gasteiger partial charge is 0.0895 e. The molecule has 0 bridgehead atoms. The Hall–Kier alpha value is -0.230. The van der Waals surface area contributed by atoms with Crippen molar-refractivity contribution in [1.29, 1.82) is 0 Å². The molecule has 15 heavy (non-hydrogen) atoms. The summed E-state index contributed by atoms with van der Waals surface area (Å²) >= 11 is 1.43. The average Bonchev–Trinajstić information content (AvgIpc) is 2.54. The maximum Gasteiger partial charge on any atom is 0.0895 e. The van der Waals surface area contributed by atoms with Crippen molar-refractivity contribution in [1.82, 2.24) is 19.8 Å². The van der Waals surface area contributed by atoms with Crippen molar-refractivity contribution in [3.05, 3.63) is 11.1 Å². The van der Waals surface area contributed by atoms with Crippen LogP contribution in [0.5, 0.6) is 0 Å². The Labute approximate surface area is 101 Å². The zero-order valence-corrected chi connectivity index (χ0v) is 10.6. The third kappa shape index (κ3) is 3.68. The molecule has 6 heteroatoms. The van der Waals surface area contributed by atoms with Crippen LogP contribution < -0.4 is 5.32 Å². The van der Waals surface area contributed by atoms with Crippen LogP contribution in [-0.2, 0) is 6.54 Å². The highest BCUT2D eigenvalue weighted by Gasteiger charge is 2.21. The van der Waals surface area contributed by atoms with Crippen molar-refractivity contribution in [2.24, 2.45) is 0 Å². The largest absolute Gasteiger partial charge is 0.309 e. The van der Waals surface area contributed by atoms with Gasteiger partial charge < -0.3 is 5.32 Å². The Morgan fingerprint density at radius 2 is 2.13 bits per heavy atom. The first-order valence-electron chi connectivity index (χ1n) is 4.98. The van der Waals surface area contributed by atoms with E-state index >= 15 is 0 Å². The van der Waals surface area contributed by atoms with Crippen molar-refractivity contribution < 1.29 is 0 Å². The third-order valence-corrected chi connectivity index (χ3v) is 2.98. The van der Waals surface area contributed by atoms with E-state index in [0.29, 0.717) is 12.1 Å². The lowest BCUT2D eigenvalue weighted by Crippen LogP contribution is -2.53. The van der Waals surface area contributed by atoms with Gasteiger partial charge in [-0.1, -0.05) is 4.49 Å². The van der Waals surface area contributed by atoms with Crippen LogP contribution >= 0.6 is 23.9 Å². The molecule has 0 saturated carbocycles. The highest BCUT2D eigenvalue weighted by atomic mass is 35.5. The second-order valence-corrected chi connectivity index (χ2v) is 4.67. The van der Waals surface area contributed by atoms with Gasteiger partial charge in [0.1, 0.15) is 0 Å². The van der Waals surface area contributed by atoms with Gasteiger partial charge in [0.2, 0.25) is 0 Å². The summed E-state index contributed by atoms with van der Waals surface area (Å²) in [5.74, 6) is 0. The van der Waals surface area contributed by atoms with Gasteiger partial charge in [-0.2, -0.15) is 0 Å². The summed E-state index contributed by atoms with van der Waals surface area (Å²) in [5, 5.41) is 9.61. The highest BCUT2D eigenvalue weighted by Crippen LogP contribution is 2.08. The maximum atomic E-state index is 4.07. The normalized spacial score (nSPS) is 27.3. The van der Waals surface area contributed by atoms with Gasteiger partial charge >= 0.3 is 0 Å². The molecule has 1 N–H and O–H groups in total. The quantitative estimate of drug-likeness (QED) is 0.853. The van der Waals surface area contributed by atoms with Gasteiger partial charge in [-0.25, -0.2) is 0 Å². The summed E-state index contributed by atoms with van der Waals surface area (Å²) in [6.45, 7) is 7.58. The molecule has 0 radical (unpaired) electrons. The topological polar surface area (TPSA) is 41.1 Å². The third-order valence-electron chi connectivity index (χ3n) is 2.42. The molecular weight excluding hydrogens is 232 g/mol. The molecule has 1 aliphatic rings. The first kappa shape index (κ1) is 12.8. The monoisotopic (exact) mass is 248 g/mol. The zero-order chi connectivity index (χ0) is 9.97. The van der Waals surface area contributed by atoms with Crippen LogP contribution in [0, 0.1) is 0 Å². The van der Waals surface area contributed by atoms with Gasteiger partial charge in [0.05, 0.1) is 5.69 Å². The average molecular weight is 249 g/mol. The van der Waals surface area contributed by atoms with E-state index in [0.717, 1.165) is 25.3 Å². The van der Waals surface area contributed by atoms with E-state index in [1.165, 1.54) is 11.5 Å². The summed E-state index contributed by atoms with van der Waals surface area (Å²) in [4.78, 5) is 2.43. The van der Waals surface area contributed by atoms with Crippen LogP contribution in [-0.4, -0.2) is 39.7 Å². The van der Waals surface area contributed by atoms with Gasteiger partial charge in [-0.3, -0.25) is 4.90 Å². The van der Waals surface area contributed by atoms with Gasteiger partial charge in [0.15, 0.2) is 0 Å². The summed E-state index contributed by atoms with van der Waals surface area (Å²) in [5.41, 5.74) is 1.09. The molecule has 1 aromatic rings. The molecule has 4 nitrogen and oxygen atoms in total. The highest BCUT2D eigenvalue weighted by molar-refractivity contribution is 7.03. The standard InChI is InChI=1S/C9H16N4S.ClH/c1-7-3-13(4-8(2)10-7)5-9-6-14-12-11-9;/h6-8,10H,3-5H2,1-2H3;1H. The Morgan fingerprint density at radius 3 is 2.67 bits per heavy atom. The molecule has 2 heterocycles. The molecule has 2 unspecified atom stereocenters. The molecule has 1 fully saturated rings. The lowest BCUT2D eigenvalue weighted by molar-refractivity contribution is 0.165. The molecule has 0 aliphatic carbocycles. The Morgan fingerprint density at radius 1 is 1.47 bits per heavy atom. The SMILES string of the molecule is CC1CN(Cc2csnn2)CC(C)N1.Cl. The first-order valence-corrected chi connectivity index (χ1v) is 5.82. The molecule has 0 amide bonds. The van der Waals surface area contributed by atoms with E-state index in [1.807, 2.05) is 5.38 Å². The van der Waals surface area contributed by atoms with Crippen molar-refractivity contribution in [3.8, 4) is 0 Å². The molecule has 0 aromatic carbocycles. The predicted molar refractivity (Wildman–Crippen MR) is 64.5 cm³/mol. The lowest BCUT2D eigenvalue weighted by Gasteiger charge is -2.35. The minimum Gasteiger partial charge on any atom is -0.309 e. The van der Waals surface area contributed by atoms with Crippen molar-refractivity contribution >= 4 is 23.9 Å².